The summed E-state index contributed by atoms with van der Waals surface area (Å²) < 4.78 is 0. The Balaban J connectivity index is 2.14. The molecule has 2 nitrogen and oxygen atoms in total. The number of rotatable bonds is 7. The lowest BCUT2D eigenvalue weighted by Gasteiger charge is -2.33. The van der Waals surface area contributed by atoms with Crippen molar-refractivity contribution in [3.63, 3.8) is 0 Å². The van der Waals surface area contributed by atoms with E-state index in [0.29, 0.717) is 17.9 Å². The number of hydrazine groups is 1. The summed E-state index contributed by atoms with van der Waals surface area (Å²) in [5, 5.41) is 0. The third-order valence-electron chi connectivity index (χ3n) is 5.15. The van der Waals surface area contributed by atoms with Gasteiger partial charge in [0, 0.05) is 12.0 Å². The molecule has 20 heavy (non-hydrogen) atoms. The average Bonchev–Trinajstić information content (AvgIpc) is 3.00. The molecule has 0 aliphatic heterocycles. The molecule has 0 spiro atoms. The molecule has 0 heterocycles. The molecule has 2 heteroatoms. The highest BCUT2D eigenvalue weighted by Crippen LogP contribution is 2.36. The molecule has 0 aromatic heterocycles. The number of nitrogens with one attached hydrogen (secondary N) is 1. The lowest BCUT2D eigenvalue weighted by Crippen LogP contribution is -2.43. The van der Waals surface area contributed by atoms with Gasteiger partial charge >= 0.3 is 0 Å². The molecular formula is C18H30N2. The molecule has 0 radical (unpaired) electrons. The molecule has 3 N–H and O–H groups in total. The molecule has 1 aliphatic rings. The summed E-state index contributed by atoms with van der Waals surface area (Å²) in [4.78, 5) is 0. The number of nitrogens with two attached hydrogens (primary N) is 1. The van der Waals surface area contributed by atoms with E-state index in [0.717, 1.165) is 5.92 Å². The van der Waals surface area contributed by atoms with E-state index in [2.05, 4.69) is 49.6 Å². The minimum Gasteiger partial charge on any atom is -0.271 e. The van der Waals surface area contributed by atoms with E-state index in [1.165, 1.54) is 44.1 Å². The highest BCUT2D eigenvalue weighted by molar-refractivity contribution is 5.22. The molecule has 112 valence electrons. The van der Waals surface area contributed by atoms with Crippen molar-refractivity contribution >= 4 is 0 Å². The van der Waals surface area contributed by atoms with Crippen molar-refractivity contribution in [2.24, 2.45) is 17.7 Å². The van der Waals surface area contributed by atoms with E-state index in [4.69, 9.17) is 5.84 Å². The molecule has 0 saturated heterocycles. The van der Waals surface area contributed by atoms with E-state index < -0.39 is 0 Å². The highest BCUT2D eigenvalue weighted by atomic mass is 15.2. The van der Waals surface area contributed by atoms with E-state index in [-0.39, 0.29) is 0 Å². The van der Waals surface area contributed by atoms with Gasteiger partial charge in [-0.1, -0.05) is 76.3 Å². The van der Waals surface area contributed by atoms with Crippen LogP contribution in [-0.2, 0) is 0 Å². The van der Waals surface area contributed by atoms with Crippen LogP contribution in [-0.4, -0.2) is 6.04 Å². The van der Waals surface area contributed by atoms with Gasteiger partial charge in [0.25, 0.3) is 0 Å². The van der Waals surface area contributed by atoms with Gasteiger partial charge in [-0.25, -0.2) is 0 Å². The van der Waals surface area contributed by atoms with Crippen LogP contribution in [0.3, 0.4) is 0 Å². The molecule has 0 bridgehead atoms. The van der Waals surface area contributed by atoms with Crippen molar-refractivity contribution < 1.29 is 0 Å². The lowest BCUT2D eigenvalue weighted by atomic mass is 9.77. The van der Waals surface area contributed by atoms with Crippen LogP contribution < -0.4 is 11.3 Å². The number of hydrogen-bond donors (Lipinski definition) is 2. The van der Waals surface area contributed by atoms with Crippen LogP contribution in [0.1, 0.15) is 63.9 Å². The summed E-state index contributed by atoms with van der Waals surface area (Å²) in [6.07, 6.45) is 8.01. The first-order chi connectivity index (χ1) is 9.76. The first-order valence-corrected chi connectivity index (χ1v) is 8.27. The summed E-state index contributed by atoms with van der Waals surface area (Å²) in [6, 6.07) is 11.3. The Labute approximate surface area is 124 Å². The largest absolute Gasteiger partial charge is 0.271 e. The molecular weight excluding hydrogens is 244 g/mol. The molecule has 3 unspecified atom stereocenters. The van der Waals surface area contributed by atoms with Gasteiger partial charge in [0.05, 0.1) is 0 Å². The summed E-state index contributed by atoms with van der Waals surface area (Å²) >= 11 is 0. The van der Waals surface area contributed by atoms with Crippen molar-refractivity contribution in [1.82, 2.24) is 5.43 Å². The molecule has 0 amide bonds. The monoisotopic (exact) mass is 274 g/mol. The Morgan fingerprint density at radius 3 is 2.40 bits per heavy atom. The predicted molar refractivity (Wildman–Crippen MR) is 86.3 cm³/mol. The Kier molecular flexibility index (Phi) is 6.06. The Bertz CT molecular complexity index is 370. The van der Waals surface area contributed by atoms with Crippen molar-refractivity contribution in [2.45, 2.75) is 64.3 Å². The fourth-order valence-corrected chi connectivity index (χ4v) is 3.81. The van der Waals surface area contributed by atoms with Crippen LogP contribution in [0, 0.1) is 11.8 Å². The minimum atomic E-state index is 0.399. The van der Waals surface area contributed by atoms with Gasteiger partial charge in [0.2, 0.25) is 0 Å². The van der Waals surface area contributed by atoms with Crippen LogP contribution in [0.2, 0.25) is 0 Å². The normalized spacial score (nSPS) is 20.8. The van der Waals surface area contributed by atoms with Crippen molar-refractivity contribution in [3.8, 4) is 0 Å². The van der Waals surface area contributed by atoms with Crippen LogP contribution in [0.5, 0.6) is 0 Å². The van der Waals surface area contributed by atoms with Crippen molar-refractivity contribution in [2.75, 3.05) is 0 Å². The maximum absolute atomic E-state index is 5.93. The quantitative estimate of drug-likeness (QED) is 0.577. The predicted octanol–water partition coefficient (Wildman–Crippen LogP) is 4.23. The zero-order chi connectivity index (χ0) is 14.4. The Morgan fingerprint density at radius 2 is 1.85 bits per heavy atom. The van der Waals surface area contributed by atoms with Crippen LogP contribution >= 0.6 is 0 Å². The first kappa shape index (κ1) is 15.5. The van der Waals surface area contributed by atoms with E-state index in [1.807, 2.05) is 0 Å². The van der Waals surface area contributed by atoms with Gasteiger partial charge in [0.1, 0.15) is 0 Å². The van der Waals surface area contributed by atoms with Gasteiger partial charge in [-0.05, 0) is 23.8 Å². The zero-order valence-electron chi connectivity index (χ0n) is 13.0. The molecule has 3 atom stereocenters. The first-order valence-electron chi connectivity index (χ1n) is 8.27. The standard InChI is InChI=1S/C18H30N2/c1-3-14(2)18(16-11-5-4-6-12-16)17(20-19)13-15-9-7-8-10-15/h4-6,11-12,14-15,17-18,20H,3,7-10,13,19H2,1-2H3. The number of benzene rings is 1. The Morgan fingerprint density at radius 1 is 1.20 bits per heavy atom. The van der Waals surface area contributed by atoms with Crippen LogP contribution in [0.15, 0.2) is 30.3 Å². The van der Waals surface area contributed by atoms with Gasteiger partial charge in [-0.2, -0.15) is 0 Å². The van der Waals surface area contributed by atoms with E-state index >= 15 is 0 Å². The van der Waals surface area contributed by atoms with Crippen LogP contribution in [0.4, 0.5) is 0 Å². The SMILES string of the molecule is CCC(C)C(c1ccccc1)C(CC1CCCC1)NN. The molecule has 1 aromatic carbocycles. The second kappa shape index (κ2) is 7.80. The fraction of sp³-hybridized carbons (Fsp3) is 0.667. The Hall–Kier alpha value is -0.860. The van der Waals surface area contributed by atoms with Crippen LogP contribution in [0.25, 0.3) is 0 Å². The third-order valence-corrected chi connectivity index (χ3v) is 5.15. The summed E-state index contributed by atoms with van der Waals surface area (Å²) in [7, 11) is 0. The fourth-order valence-electron chi connectivity index (χ4n) is 3.81. The van der Waals surface area contributed by atoms with Crippen molar-refractivity contribution in [3.05, 3.63) is 35.9 Å². The van der Waals surface area contributed by atoms with Gasteiger partial charge in [-0.3, -0.25) is 11.3 Å². The maximum Gasteiger partial charge on any atom is 0.0284 e. The second-order valence-corrected chi connectivity index (χ2v) is 6.48. The summed E-state index contributed by atoms with van der Waals surface area (Å²) in [5.41, 5.74) is 4.58. The second-order valence-electron chi connectivity index (χ2n) is 6.48. The summed E-state index contributed by atoms with van der Waals surface area (Å²) in [6.45, 7) is 4.64. The third kappa shape index (κ3) is 3.83. The molecule has 1 aromatic rings. The molecule has 2 rings (SSSR count). The van der Waals surface area contributed by atoms with Crippen molar-refractivity contribution in [1.29, 1.82) is 0 Å². The highest BCUT2D eigenvalue weighted by Gasteiger charge is 2.29. The maximum atomic E-state index is 5.93. The molecule has 1 fully saturated rings. The zero-order valence-corrected chi connectivity index (χ0v) is 13.0. The van der Waals surface area contributed by atoms with E-state index in [1.54, 1.807) is 0 Å². The van der Waals surface area contributed by atoms with Gasteiger partial charge < -0.3 is 0 Å². The van der Waals surface area contributed by atoms with Gasteiger partial charge in [-0.15, -0.1) is 0 Å². The smallest absolute Gasteiger partial charge is 0.0284 e. The topological polar surface area (TPSA) is 38.0 Å². The van der Waals surface area contributed by atoms with Gasteiger partial charge in [0.15, 0.2) is 0 Å². The molecule has 1 saturated carbocycles. The summed E-state index contributed by atoms with van der Waals surface area (Å²) in [5.74, 6) is 7.97. The molecule has 1 aliphatic carbocycles. The van der Waals surface area contributed by atoms with E-state index in [9.17, 15) is 0 Å². The number of hydrogen-bond acceptors (Lipinski definition) is 2. The lowest BCUT2D eigenvalue weighted by molar-refractivity contribution is 0.287. The average molecular weight is 274 g/mol. The minimum absolute atomic E-state index is 0.399.